The second-order valence-corrected chi connectivity index (χ2v) is 9.92. The monoisotopic (exact) mass is 453 g/mol. The number of hydrogen-bond acceptors (Lipinski definition) is 3. The van der Waals surface area contributed by atoms with Gasteiger partial charge in [0.25, 0.3) is 5.91 Å². The van der Waals surface area contributed by atoms with Gasteiger partial charge in [-0.3, -0.25) is 9.59 Å². The fourth-order valence-electron chi connectivity index (χ4n) is 4.71. The van der Waals surface area contributed by atoms with Crippen molar-refractivity contribution >= 4 is 11.8 Å². The number of likely N-dealkylation sites (N-methyl/N-ethyl adjacent to an activating group) is 1. The predicted octanol–water partition coefficient (Wildman–Crippen LogP) is 3.78. The lowest BCUT2D eigenvalue weighted by Gasteiger charge is -2.25. The van der Waals surface area contributed by atoms with E-state index in [9.17, 15) is 14.0 Å². The van der Waals surface area contributed by atoms with Crippen LogP contribution in [0.4, 0.5) is 4.39 Å². The van der Waals surface area contributed by atoms with Crippen molar-refractivity contribution in [3.05, 3.63) is 71.0 Å². The Morgan fingerprint density at radius 1 is 1.12 bits per heavy atom. The number of nitrogens with one attached hydrogen (secondary N) is 2. The minimum atomic E-state index is -0.530. The van der Waals surface area contributed by atoms with Gasteiger partial charge in [-0.15, -0.1) is 0 Å². The summed E-state index contributed by atoms with van der Waals surface area (Å²) in [6.07, 6.45) is 0.562. The molecule has 1 aliphatic carbocycles. The average molecular weight is 454 g/mol. The molecule has 0 heterocycles. The van der Waals surface area contributed by atoms with Gasteiger partial charge < -0.3 is 15.5 Å². The minimum Gasteiger partial charge on any atom is -0.354 e. The van der Waals surface area contributed by atoms with Crippen LogP contribution in [0.2, 0.25) is 0 Å². The molecule has 0 spiro atoms. The first kappa shape index (κ1) is 24.9. The molecule has 2 N–H and O–H groups in total. The van der Waals surface area contributed by atoms with E-state index in [0.717, 1.165) is 5.56 Å². The lowest BCUT2D eigenvalue weighted by atomic mass is 9.94. The standard InChI is InChI=1S/C27H36FN3O2/c1-17(2)30-25(32)22-13-12-19(15-23(22)28)14-21(31(5)6)16-29-26(33)24-18(3)27(24,4)20-10-8-7-9-11-20/h7-13,15,17-18,21,24H,14,16H2,1-6H3,(H,29,33)(H,30,32)/t18?,21-,24?,27+/m0/s1. The SMILES string of the molecule is CC(C)NC(=O)c1ccc(C[C@@H](CNC(=O)C2C(C)[C@]2(C)c2ccccc2)N(C)C)cc1F. The van der Waals surface area contributed by atoms with Crippen LogP contribution < -0.4 is 10.6 Å². The van der Waals surface area contributed by atoms with E-state index in [4.69, 9.17) is 0 Å². The van der Waals surface area contributed by atoms with E-state index in [1.54, 1.807) is 6.07 Å². The molecule has 5 nitrogen and oxygen atoms in total. The van der Waals surface area contributed by atoms with E-state index < -0.39 is 11.7 Å². The van der Waals surface area contributed by atoms with Gasteiger partial charge in [-0.05, 0) is 63.5 Å². The molecule has 178 valence electrons. The van der Waals surface area contributed by atoms with Gasteiger partial charge in [0.05, 0.1) is 11.5 Å². The summed E-state index contributed by atoms with van der Waals surface area (Å²) in [5.74, 6) is -0.661. The highest BCUT2D eigenvalue weighted by Gasteiger charge is 2.62. The van der Waals surface area contributed by atoms with E-state index in [1.165, 1.54) is 17.7 Å². The van der Waals surface area contributed by atoms with Crippen molar-refractivity contribution in [1.29, 1.82) is 0 Å². The first-order valence-electron chi connectivity index (χ1n) is 11.6. The molecule has 2 aromatic carbocycles. The first-order valence-corrected chi connectivity index (χ1v) is 11.6. The summed E-state index contributed by atoms with van der Waals surface area (Å²) in [7, 11) is 3.90. The molecule has 0 bridgehead atoms. The quantitative estimate of drug-likeness (QED) is 0.608. The number of nitrogens with zero attached hydrogens (tertiary/aromatic N) is 1. The second-order valence-electron chi connectivity index (χ2n) is 9.92. The minimum absolute atomic E-state index is 0.000674. The Labute approximate surface area is 196 Å². The van der Waals surface area contributed by atoms with Crippen LogP contribution in [0, 0.1) is 17.7 Å². The molecule has 1 saturated carbocycles. The molecular formula is C27H36FN3O2. The molecule has 2 unspecified atom stereocenters. The second kappa shape index (κ2) is 10.0. The smallest absolute Gasteiger partial charge is 0.254 e. The van der Waals surface area contributed by atoms with Crippen molar-refractivity contribution < 1.29 is 14.0 Å². The Morgan fingerprint density at radius 3 is 2.36 bits per heavy atom. The summed E-state index contributed by atoms with van der Waals surface area (Å²) in [6, 6.07) is 14.9. The zero-order chi connectivity index (χ0) is 24.3. The van der Waals surface area contributed by atoms with Crippen molar-refractivity contribution in [3.63, 3.8) is 0 Å². The molecule has 2 amide bonds. The Bertz CT molecular complexity index is 992. The van der Waals surface area contributed by atoms with Crippen molar-refractivity contribution in [2.24, 2.45) is 11.8 Å². The van der Waals surface area contributed by atoms with Gasteiger partial charge in [-0.25, -0.2) is 4.39 Å². The van der Waals surface area contributed by atoms with Gasteiger partial charge in [-0.1, -0.05) is 50.2 Å². The maximum absolute atomic E-state index is 14.6. The van der Waals surface area contributed by atoms with Crippen molar-refractivity contribution in [1.82, 2.24) is 15.5 Å². The first-order chi connectivity index (χ1) is 15.6. The lowest BCUT2D eigenvalue weighted by Crippen LogP contribution is -2.42. The maximum Gasteiger partial charge on any atom is 0.254 e. The summed E-state index contributed by atoms with van der Waals surface area (Å²) >= 11 is 0. The Balaban J connectivity index is 1.62. The summed E-state index contributed by atoms with van der Waals surface area (Å²) in [4.78, 5) is 27.2. The third kappa shape index (κ3) is 5.44. The van der Waals surface area contributed by atoms with Gasteiger partial charge >= 0.3 is 0 Å². The average Bonchev–Trinajstić information content (AvgIpc) is 3.32. The molecule has 33 heavy (non-hydrogen) atoms. The number of halogens is 1. The number of carbonyl (C=O) groups excluding carboxylic acids is 2. The number of amides is 2. The highest BCUT2D eigenvalue weighted by Crippen LogP contribution is 2.59. The van der Waals surface area contributed by atoms with Crippen LogP contribution in [0.5, 0.6) is 0 Å². The van der Waals surface area contributed by atoms with Crippen LogP contribution >= 0.6 is 0 Å². The Hall–Kier alpha value is -2.73. The van der Waals surface area contributed by atoms with Crippen molar-refractivity contribution in [2.75, 3.05) is 20.6 Å². The van der Waals surface area contributed by atoms with Crippen molar-refractivity contribution in [2.45, 2.75) is 51.6 Å². The molecule has 0 aliphatic heterocycles. The van der Waals surface area contributed by atoms with E-state index in [1.807, 2.05) is 51.0 Å². The van der Waals surface area contributed by atoms with E-state index in [-0.39, 0.29) is 40.8 Å². The number of hydrogen-bond donors (Lipinski definition) is 2. The molecule has 1 fully saturated rings. The number of benzene rings is 2. The van der Waals surface area contributed by atoms with Gasteiger partial charge in [-0.2, -0.15) is 0 Å². The summed E-state index contributed by atoms with van der Waals surface area (Å²) in [5.41, 5.74) is 1.88. The van der Waals surface area contributed by atoms with Crippen LogP contribution in [-0.2, 0) is 16.6 Å². The molecular weight excluding hydrogens is 417 g/mol. The fourth-order valence-corrected chi connectivity index (χ4v) is 4.71. The topological polar surface area (TPSA) is 61.4 Å². The normalized spacial score (nSPS) is 22.8. The fraction of sp³-hybridized carbons (Fsp3) is 0.481. The van der Waals surface area contributed by atoms with Crippen LogP contribution in [-0.4, -0.2) is 49.4 Å². The Kier molecular flexibility index (Phi) is 7.58. The van der Waals surface area contributed by atoms with Gasteiger partial charge in [0.15, 0.2) is 0 Å². The maximum atomic E-state index is 14.6. The molecule has 0 saturated heterocycles. The highest BCUT2D eigenvalue weighted by molar-refractivity contribution is 5.94. The van der Waals surface area contributed by atoms with E-state index in [2.05, 4.69) is 36.6 Å². The highest BCUT2D eigenvalue weighted by atomic mass is 19.1. The van der Waals surface area contributed by atoms with Gasteiger partial charge in [0, 0.05) is 24.0 Å². The zero-order valence-electron chi connectivity index (χ0n) is 20.5. The largest absolute Gasteiger partial charge is 0.354 e. The third-order valence-electron chi connectivity index (χ3n) is 7.07. The van der Waals surface area contributed by atoms with Crippen LogP contribution in [0.25, 0.3) is 0 Å². The zero-order valence-corrected chi connectivity index (χ0v) is 20.5. The molecule has 3 rings (SSSR count). The predicted molar refractivity (Wildman–Crippen MR) is 130 cm³/mol. The number of carbonyl (C=O) groups is 2. The third-order valence-corrected chi connectivity index (χ3v) is 7.07. The van der Waals surface area contributed by atoms with Gasteiger partial charge in [0.1, 0.15) is 5.82 Å². The molecule has 1 aliphatic rings. The van der Waals surface area contributed by atoms with Gasteiger partial charge in [0.2, 0.25) is 5.91 Å². The summed E-state index contributed by atoms with van der Waals surface area (Å²) < 4.78 is 14.6. The summed E-state index contributed by atoms with van der Waals surface area (Å²) in [6.45, 7) is 8.42. The Morgan fingerprint density at radius 2 is 1.79 bits per heavy atom. The molecule has 0 radical (unpaired) electrons. The summed E-state index contributed by atoms with van der Waals surface area (Å²) in [5, 5.41) is 5.84. The van der Waals surface area contributed by atoms with E-state index >= 15 is 0 Å². The lowest BCUT2D eigenvalue weighted by molar-refractivity contribution is -0.123. The van der Waals surface area contributed by atoms with Crippen LogP contribution in [0.1, 0.15) is 49.2 Å². The molecule has 0 aromatic heterocycles. The van der Waals surface area contributed by atoms with Crippen LogP contribution in [0.3, 0.4) is 0 Å². The van der Waals surface area contributed by atoms with Crippen LogP contribution in [0.15, 0.2) is 48.5 Å². The van der Waals surface area contributed by atoms with Crippen molar-refractivity contribution in [3.8, 4) is 0 Å². The molecule has 4 atom stereocenters. The number of rotatable bonds is 9. The molecule has 6 heteroatoms. The van der Waals surface area contributed by atoms with E-state index in [0.29, 0.717) is 13.0 Å². The molecule has 2 aromatic rings.